The van der Waals surface area contributed by atoms with E-state index >= 15 is 0 Å². The van der Waals surface area contributed by atoms with E-state index in [4.69, 9.17) is 21.1 Å². The average molecular weight is 348 g/mol. The molecule has 1 heterocycles. The van der Waals surface area contributed by atoms with Gasteiger partial charge in [0.1, 0.15) is 12.4 Å². The van der Waals surface area contributed by atoms with Crippen LogP contribution in [0, 0.1) is 0 Å². The number of ether oxygens (including phenoxy) is 2. The smallest absolute Gasteiger partial charge is 0.408 e. The van der Waals surface area contributed by atoms with Gasteiger partial charge < -0.3 is 19.9 Å². The Morgan fingerprint density at radius 1 is 1.29 bits per heavy atom. The summed E-state index contributed by atoms with van der Waals surface area (Å²) in [6.07, 6.45) is -1.88. The first kappa shape index (κ1) is 16.6. The molecule has 2 aromatic rings. The van der Waals surface area contributed by atoms with Crippen molar-refractivity contribution < 1.29 is 19.4 Å². The fraction of sp³-hybridized carbons (Fsp3) is 0.278. The van der Waals surface area contributed by atoms with Gasteiger partial charge in [0, 0.05) is 5.02 Å². The summed E-state index contributed by atoms with van der Waals surface area (Å²) in [5.41, 5.74) is 1.83. The molecule has 3 atom stereocenters. The molecule has 1 aliphatic heterocycles. The lowest BCUT2D eigenvalue weighted by Crippen LogP contribution is -2.30. The van der Waals surface area contributed by atoms with Crippen molar-refractivity contribution in [3.8, 4) is 5.75 Å². The number of aliphatic hydroxyl groups excluding tert-OH is 1. The quantitative estimate of drug-likeness (QED) is 0.869. The maximum absolute atomic E-state index is 11.4. The van der Waals surface area contributed by atoms with E-state index in [0.29, 0.717) is 17.4 Å². The number of halogens is 1. The summed E-state index contributed by atoms with van der Waals surface area (Å²) in [6, 6.07) is 14.5. The molecule has 1 amide bonds. The van der Waals surface area contributed by atoms with Crippen LogP contribution in [0.1, 0.15) is 24.1 Å². The standard InChI is InChI=1S/C18H18ClNO4/c1-11(21)17-16(20-18(22)24-17)13-5-7-15(8-6-13)23-10-12-3-2-4-14(19)9-12/h2-9,11,16-17,21H,10H2,1H3,(H,20,22). The van der Waals surface area contributed by atoms with Crippen LogP contribution in [0.25, 0.3) is 0 Å². The predicted molar refractivity (Wildman–Crippen MR) is 90.1 cm³/mol. The van der Waals surface area contributed by atoms with Gasteiger partial charge >= 0.3 is 6.09 Å². The first-order valence-corrected chi connectivity index (χ1v) is 8.03. The van der Waals surface area contributed by atoms with E-state index in [-0.39, 0.29) is 6.04 Å². The second kappa shape index (κ2) is 7.11. The van der Waals surface area contributed by atoms with E-state index in [1.807, 2.05) is 48.5 Å². The SMILES string of the molecule is CC(O)C1OC(=O)NC1c1ccc(OCc2cccc(Cl)c2)cc1. The molecule has 24 heavy (non-hydrogen) atoms. The predicted octanol–water partition coefficient (Wildman–Crippen LogP) is 3.45. The Bertz CT molecular complexity index is 717. The number of carbonyl (C=O) groups excluding carboxylic acids is 1. The summed E-state index contributed by atoms with van der Waals surface area (Å²) in [4.78, 5) is 11.4. The number of benzene rings is 2. The fourth-order valence-corrected chi connectivity index (χ4v) is 2.86. The molecule has 0 spiro atoms. The highest BCUT2D eigenvalue weighted by atomic mass is 35.5. The number of hydrogen-bond acceptors (Lipinski definition) is 4. The van der Waals surface area contributed by atoms with Crippen molar-refractivity contribution in [3.05, 3.63) is 64.7 Å². The summed E-state index contributed by atoms with van der Waals surface area (Å²) in [5, 5.41) is 13.1. The monoisotopic (exact) mass is 347 g/mol. The molecule has 0 radical (unpaired) electrons. The lowest BCUT2D eigenvalue weighted by Gasteiger charge is -2.19. The van der Waals surface area contributed by atoms with Gasteiger partial charge in [0.2, 0.25) is 0 Å². The summed E-state index contributed by atoms with van der Waals surface area (Å²) < 4.78 is 10.8. The molecule has 3 rings (SSSR count). The van der Waals surface area contributed by atoms with E-state index < -0.39 is 18.3 Å². The van der Waals surface area contributed by atoms with Crippen molar-refractivity contribution in [2.75, 3.05) is 0 Å². The van der Waals surface area contributed by atoms with Gasteiger partial charge in [-0.25, -0.2) is 4.79 Å². The van der Waals surface area contributed by atoms with Crippen LogP contribution in [-0.4, -0.2) is 23.4 Å². The van der Waals surface area contributed by atoms with Crippen molar-refractivity contribution in [1.29, 1.82) is 0 Å². The first-order chi connectivity index (χ1) is 11.5. The van der Waals surface area contributed by atoms with Crippen LogP contribution in [0.5, 0.6) is 5.75 Å². The van der Waals surface area contributed by atoms with Crippen molar-refractivity contribution >= 4 is 17.7 Å². The van der Waals surface area contributed by atoms with Gasteiger partial charge in [-0.2, -0.15) is 0 Å². The number of hydrogen-bond donors (Lipinski definition) is 2. The molecule has 3 unspecified atom stereocenters. The average Bonchev–Trinajstić information content (AvgIpc) is 2.96. The van der Waals surface area contributed by atoms with Crippen LogP contribution in [0.2, 0.25) is 5.02 Å². The molecule has 0 aliphatic carbocycles. The molecule has 1 aliphatic rings. The summed E-state index contributed by atoms with van der Waals surface area (Å²) in [7, 11) is 0. The van der Waals surface area contributed by atoms with Crippen molar-refractivity contribution in [1.82, 2.24) is 5.32 Å². The Morgan fingerprint density at radius 3 is 2.71 bits per heavy atom. The summed E-state index contributed by atoms with van der Waals surface area (Å²) in [6.45, 7) is 2.01. The van der Waals surface area contributed by atoms with E-state index in [0.717, 1.165) is 11.1 Å². The van der Waals surface area contributed by atoms with Gasteiger partial charge in [-0.15, -0.1) is 0 Å². The molecule has 0 aromatic heterocycles. The number of aliphatic hydroxyl groups is 1. The van der Waals surface area contributed by atoms with Gasteiger partial charge in [-0.1, -0.05) is 35.9 Å². The zero-order valence-corrected chi connectivity index (χ0v) is 13.9. The third-order valence-corrected chi connectivity index (χ3v) is 4.09. The second-order valence-corrected chi connectivity index (χ2v) is 6.16. The molecule has 6 heteroatoms. The molecule has 5 nitrogen and oxygen atoms in total. The van der Waals surface area contributed by atoms with E-state index in [9.17, 15) is 9.90 Å². The minimum absolute atomic E-state index is 0.375. The topological polar surface area (TPSA) is 67.8 Å². The highest BCUT2D eigenvalue weighted by Gasteiger charge is 2.38. The Balaban J connectivity index is 1.66. The third kappa shape index (κ3) is 3.80. The Labute approximate surface area is 145 Å². The minimum Gasteiger partial charge on any atom is -0.489 e. The molecule has 126 valence electrons. The van der Waals surface area contributed by atoms with Crippen molar-refractivity contribution in [2.45, 2.75) is 31.8 Å². The lowest BCUT2D eigenvalue weighted by molar-refractivity contribution is 0.0293. The molecule has 0 saturated carbocycles. The Kier molecular flexibility index (Phi) is 4.92. The minimum atomic E-state index is -0.757. The fourth-order valence-electron chi connectivity index (χ4n) is 2.65. The zero-order valence-electron chi connectivity index (χ0n) is 13.1. The van der Waals surface area contributed by atoms with E-state index in [1.54, 1.807) is 6.92 Å². The maximum atomic E-state index is 11.4. The van der Waals surface area contributed by atoms with Crippen LogP contribution >= 0.6 is 11.6 Å². The zero-order chi connectivity index (χ0) is 17.1. The first-order valence-electron chi connectivity index (χ1n) is 7.65. The van der Waals surface area contributed by atoms with Crippen LogP contribution in [-0.2, 0) is 11.3 Å². The molecule has 1 saturated heterocycles. The number of alkyl carbamates (subject to hydrolysis) is 1. The normalized spacial score (nSPS) is 21.0. The van der Waals surface area contributed by atoms with Gasteiger partial charge in [-0.05, 0) is 42.3 Å². The lowest BCUT2D eigenvalue weighted by atomic mass is 9.99. The summed E-state index contributed by atoms with van der Waals surface area (Å²) >= 11 is 5.95. The van der Waals surface area contributed by atoms with Crippen molar-refractivity contribution in [2.24, 2.45) is 0 Å². The Hall–Kier alpha value is -2.24. The number of amides is 1. The third-order valence-electron chi connectivity index (χ3n) is 3.85. The molecule has 2 aromatic carbocycles. The second-order valence-electron chi connectivity index (χ2n) is 5.72. The number of rotatable bonds is 5. The van der Waals surface area contributed by atoms with Crippen molar-refractivity contribution in [3.63, 3.8) is 0 Å². The highest BCUT2D eigenvalue weighted by molar-refractivity contribution is 6.30. The molecular formula is C18H18ClNO4. The largest absolute Gasteiger partial charge is 0.489 e. The number of nitrogens with one attached hydrogen (secondary N) is 1. The maximum Gasteiger partial charge on any atom is 0.408 e. The number of carbonyl (C=O) groups is 1. The van der Waals surface area contributed by atoms with Crippen LogP contribution in [0.4, 0.5) is 4.79 Å². The highest BCUT2D eigenvalue weighted by Crippen LogP contribution is 2.28. The van der Waals surface area contributed by atoms with Gasteiger partial charge in [0.05, 0.1) is 12.1 Å². The molecule has 0 bridgehead atoms. The number of cyclic esters (lactones) is 1. The van der Waals surface area contributed by atoms with Gasteiger partial charge in [0.15, 0.2) is 6.10 Å². The summed E-state index contributed by atoms with van der Waals surface area (Å²) in [5.74, 6) is 0.706. The van der Waals surface area contributed by atoms with Crippen LogP contribution in [0.15, 0.2) is 48.5 Å². The van der Waals surface area contributed by atoms with Crippen LogP contribution < -0.4 is 10.1 Å². The van der Waals surface area contributed by atoms with Crippen LogP contribution in [0.3, 0.4) is 0 Å². The van der Waals surface area contributed by atoms with E-state index in [1.165, 1.54) is 0 Å². The molecular weight excluding hydrogens is 330 g/mol. The Morgan fingerprint density at radius 2 is 2.04 bits per heavy atom. The van der Waals surface area contributed by atoms with Gasteiger partial charge in [0.25, 0.3) is 0 Å². The molecule has 1 fully saturated rings. The van der Waals surface area contributed by atoms with Gasteiger partial charge in [-0.3, -0.25) is 0 Å². The van der Waals surface area contributed by atoms with E-state index in [2.05, 4.69) is 5.32 Å². The molecule has 2 N–H and O–H groups in total.